The highest BCUT2D eigenvalue weighted by Crippen LogP contribution is 2.45. The average molecular weight is 583 g/mol. The monoisotopic (exact) mass is 582 g/mol. The zero-order valence-corrected chi connectivity index (χ0v) is 25.3. The molecule has 0 saturated heterocycles. The standard InChI is InChI=1S/C36H38O7/c1-6-43-35(38)36(23-25-13-9-7-10-14-25,24-26-15-11-8-12-16-26)34(37)33(29-19-17-27(39-2)21-31(29)41-4)30-20-18-28(40-3)22-32(30)42-5/h7-22,33H,6,23-24H2,1-5H3. The van der Waals surface area contributed by atoms with Crippen molar-refractivity contribution in [2.45, 2.75) is 25.7 Å². The van der Waals surface area contributed by atoms with E-state index in [1.807, 2.05) is 60.7 Å². The Kier molecular flexibility index (Phi) is 10.4. The maximum atomic E-state index is 15.5. The minimum absolute atomic E-state index is 0.125. The molecule has 0 saturated carbocycles. The Morgan fingerprint density at radius 2 is 1.07 bits per heavy atom. The summed E-state index contributed by atoms with van der Waals surface area (Å²) in [4.78, 5) is 29.7. The summed E-state index contributed by atoms with van der Waals surface area (Å²) < 4.78 is 28.2. The number of esters is 1. The maximum absolute atomic E-state index is 15.5. The largest absolute Gasteiger partial charge is 0.497 e. The van der Waals surface area contributed by atoms with Gasteiger partial charge in [-0.1, -0.05) is 72.8 Å². The van der Waals surface area contributed by atoms with Crippen molar-refractivity contribution in [1.82, 2.24) is 0 Å². The summed E-state index contributed by atoms with van der Waals surface area (Å²) in [6, 6.07) is 29.7. The van der Waals surface area contributed by atoms with Gasteiger partial charge in [-0.05, 0) is 43.0 Å². The Balaban J connectivity index is 2.04. The number of benzene rings is 4. The molecule has 0 N–H and O–H groups in total. The van der Waals surface area contributed by atoms with E-state index >= 15 is 4.79 Å². The number of Topliss-reactive ketones (excluding diaryl/α,β-unsaturated/α-hetero) is 1. The first-order chi connectivity index (χ1) is 20.9. The summed E-state index contributed by atoms with van der Waals surface area (Å²) in [7, 11) is 6.21. The number of carbonyl (C=O) groups excluding carboxylic acids is 2. The van der Waals surface area contributed by atoms with Crippen LogP contribution in [0, 0.1) is 5.41 Å². The number of rotatable bonds is 14. The van der Waals surface area contributed by atoms with Crippen molar-refractivity contribution in [1.29, 1.82) is 0 Å². The molecule has 0 radical (unpaired) electrons. The molecule has 0 spiro atoms. The molecule has 0 atom stereocenters. The smallest absolute Gasteiger partial charge is 0.320 e. The van der Waals surface area contributed by atoms with E-state index in [1.54, 1.807) is 57.5 Å². The second-order valence-corrected chi connectivity index (χ2v) is 10.1. The van der Waals surface area contributed by atoms with E-state index in [0.717, 1.165) is 11.1 Å². The lowest BCUT2D eigenvalue weighted by Crippen LogP contribution is -2.47. The van der Waals surface area contributed by atoms with E-state index < -0.39 is 17.3 Å². The summed E-state index contributed by atoms with van der Waals surface area (Å²) >= 11 is 0. The van der Waals surface area contributed by atoms with Gasteiger partial charge in [-0.25, -0.2) is 0 Å². The number of carbonyl (C=O) groups is 2. The van der Waals surface area contributed by atoms with Gasteiger partial charge in [-0.3, -0.25) is 9.59 Å². The Hall–Kier alpha value is -4.78. The number of ketones is 1. The molecule has 0 bridgehead atoms. The molecule has 224 valence electrons. The fourth-order valence-electron chi connectivity index (χ4n) is 5.48. The normalized spacial score (nSPS) is 11.1. The number of methoxy groups -OCH3 is 4. The molecule has 4 aromatic rings. The van der Waals surface area contributed by atoms with Crippen LogP contribution in [0.3, 0.4) is 0 Å². The van der Waals surface area contributed by atoms with Crippen LogP contribution in [0.2, 0.25) is 0 Å². The van der Waals surface area contributed by atoms with Crippen LogP contribution in [-0.4, -0.2) is 46.8 Å². The van der Waals surface area contributed by atoms with Crippen LogP contribution in [0.25, 0.3) is 0 Å². The molecule has 0 aliphatic carbocycles. The highest BCUT2D eigenvalue weighted by atomic mass is 16.5. The predicted molar refractivity (Wildman–Crippen MR) is 165 cm³/mol. The van der Waals surface area contributed by atoms with E-state index in [4.69, 9.17) is 23.7 Å². The quantitative estimate of drug-likeness (QED) is 0.125. The molecular weight excluding hydrogens is 544 g/mol. The van der Waals surface area contributed by atoms with E-state index in [9.17, 15) is 4.79 Å². The predicted octanol–water partition coefficient (Wildman–Crippen LogP) is 6.46. The molecule has 0 amide bonds. The van der Waals surface area contributed by atoms with Gasteiger partial charge in [0.15, 0.2) is 5.78 Å². The van der Waals surface area contributed by atoms with Gasteiger partial charge in [0, 0.05) is 23.3 Å². The Bertz CT molecular complexity index is 1420. The summed E-state index contributed by atoms with van der Waals surface area (Å²) in [6.45, 7) is 1.87. The van der Waals surface area contributed by atoms with Gasteiger partial charge in [-0.2, -0.15) is 0 Å². The van der Waals surface area contributed by atoms with Crippen LogP contribution in [0.4, 0.5) is 0 Å². The fraction of sp³-hybridized carbons (Fsp3) is 0.278. The third kappa shape index (κ3) is 6.83. The highest BCUT2D eigenvalue weighted by Gasteiger charge is 2.51. The molecule has 4 aromatic carbocycles. The zero-order valence-electron chi connectivity index (χ0n) is 25.3. The van der Waals surface area contributed by atoms with Gasteiger partial charge in [0.25, 0.3) is 0 Å². The maximum Gasteiger partial charge on any atom is 0.320 e. The molecule has 4 rings (SSSR count). The molecule has 0 aromatic heterocycles. The van der Waals surface area contributed by atoms with Crippen LogP contribution < -0.4 is 18.9 Å². The van der Waals surface area contributed by atoms with Crippen LogP contribution in [0.15, 0.2) is 97.1 Å². The van der Waals surface area contributed by atoms with E-state index in [-0.39, 0.29) is 25.2 Å². The first kappa shape index (κ1) is 31.2. The van der Waals surface area contributed by atoms with Gasteiger partial charge in [0.05, 0.1) is 41.0 Å². The lowest BCUT2D eigenvalue weighted by Gasteiger charge is -2.35. The summed E-state index contributed by atoms with van der Waals surface area (Å²) in [5.74, 6) is 0.111. The lowest BCUT2D eigenvalue weighted by atomic mass is 9.67. The van der Waals surface area contributed by atoms with Crippen LogP contribution in [0.1, 0.15) is 35.1 Å². The Morgan fingerprint density at radius 1 is 0.628 bits per heavy atom. The summed E-state index contributed by atoms with van der Waals surface area (Å²) in [5, 5.41) is 0. The van der Waals surface area contributed by atoms with Crippen molar-refractivity contribution in [3.05, 3.63) is 119 Å². The molecule has 0 fully saturated rings. The first-order valence-electron chi connectivity index (χ1n) is 14.1. The average Bonchev–Trinajstić information content (AvgIpc) is 3.05. The number of ether oxygens (including phenoxy) is 5. The van der Waals surface area contributed by atoms with Gasteiger partial charge < -0.3 is 23.7 Å². The van der Waals surface area contributed by atoms with Gasteiger partial charge in [-0.15, -0.1) is 0 Å². The highest BCUT2D eigenvalue weighted by molar-refractivity contribution is 6.09. The molecule has 7 nitrogen and oxygen atoms in total. The SMILES string of the molecule is CCOC(=O)C(Cc1ccccc1)(Cc1ccccc1)C(=O)C(c1ccc(OC)cc1OC)c1ccc(OC)cc1OC. The lowest BCUT2D eigenvalue weighted by molar-refractivity contribution is -0.160. The van der Waals surface area contributed by atoms with Crippen molar-refractivity contribution in [2.75, 3.05) is 35.0 Å². The van der Waals surface area contributed by atoms with Crippen molar-refractivity contribution in [3.8, 4) is 23.0 Å². The second-order valence-electron chi connectivity index (χ2n) is 10.1. The number of hydrogen-bond acceptors (Lipinski definition) is 7. The fourth-order valence-corrected chi connectivity index (χ4v) is 5.48. The van der Waals surface area contributed by atoms with Crippen molar-refractivity contribution >= 4 is 11.8 Å². The Labute approximate surface area is 253 Å². The van der Waals surface area contributed by atoms with Gasteiger partial charge in [0.1, 0.15) is 28.4 Å². The second kappa shape index (κ2) is 14.4. The first-order valence-corrected chi connectivity index (χ1v) is 14.1. The third-order valence-corrected chi connectivity index (χ3v) is 7.60. The van der Waals surface area contributed by atoms with Crippen LogP contribution in [0.5, 0.6) is 23.0 Å². The molecular formula is C36H38O7. The minimum atomic E-state index is -1.60. The molecule has 0 unspecified atom stereocenters. The van der Waals surface area contributed by atoms with Crippen molar-refractivity contribution in [3.63, 3.8) is 0 Å². The van der Waals surface area contributed by atoms with Crippen LogP contribution in [-0.2, 0) is 27.2 Å². The Morgan fingerprint density at radius 3 is 1.44 bits per heavy atom. The van der Waals surface area contributed by atoms with E-state index in [1.165, 1.54) is 14.2 Å². The molecule has 7 heteroatoms. The van der Waals surface area contributed by atoms with Crippen LogP contribution >= 0.6 is 0 Å². The molecule has 0 aliphatic heterocycles. The van der Waals surface area contributed by atoms with Crippen molar-refractivity contribution < 1.29 is 33.3 Å². The third-order valence-electron chi connectivity index (χ3n) is 7.60. The van der Waals surface area contributed by atoms with Gasteiger partial charge >= 0.3 is 5.97 Å². The summed E-state index contributed by atoms with van der Waals surface area (Å²) in [5.41, 5.74) is 1.20. The molecule has 0 heterocycles. The van der Waals surface area contributed by atoms with E-state index in [0.29, 0.717) is 34.1 Å². The summed E-state index contributed by atoms with van der Waals surface area (Å²) in [6.07, 6.45) is 0.266. The van der Waals surface area contributed by atoms with Crippen molar-refractivity contribution in [2.24, 2.45) is 5.41 Å². The topological polar surface area (TPSA) is 80.3 Å². The molecule has 43 heavy (non-hydrogen) atoms. The van der Waals surface area contributed by atoms with Gasteiger partial charge in [0.2, 0.25) is 0 Å². The number of hydrogen-bond donors (Lipinski definition) is 0. The molecule has 0 aliphatic rings. The van der Waals surface area contributed by atoms with E-state index in [2.05, 4.69) is 0 Å². The zero-order chi connectivity index (χ0) is 30.8. The minimum Gasteiger partial charge on any atom is -0.497 e.